The fourth-order valence-electron chi connectivity index (χ4n) is 1.95. The highest BCUT2D eigenvalue weighted by atomic mass is 35.5. The molecule has 0 heterocycles. The first kappa shape index (κ1) is 16.0. The van der Waals surface area contributed by atoms with Gasteiger partial charge < -0.3 is 5.32 Å². The molecule has 0 radical (unpaired) electrons. The highest BCUT2D eigenvalue weighted by molar-refractivity contribution is 6.34. The van der Waals surface area contributed by atoms with Crippen molar-refractivity contribution in [2.45, 2.75) is 19.8 Å². The number of halogens is 1. The smallest absolute Gasteiger partial charge is 0.270 e. The van der Waals surface area contributed by atoms with Crippen LogP contribution in [0.5, 0.6) is 0 Å². The first-order chi connectivity index (χ1) is 10.4. The first-order valence-corrected chi connectivity index (χ1v) is 7.11. The van der Waals surface area contributed by atoms with Gasteiger partial charge in [-0.15, -0.1) is 0 Å². The molecule has 2 aromatic rings. The van der Waals surface area contributed by atoms with Crippen LogP contribution in [-0.4, -0.2) is 10.8 Å². The Morgan fingerprint density at radius 2 is 1.82 bits per heavy atom. The van der Waals surface area contributed by atoms with Gasteiger partial charge in [-0.05, 0) is 29.7 Å². The van der Waals surface area contributed by atoms with Crippen LogP contribution in [0.4, 0.5) is 11.4 Å². The summed E-state index contributed by atoms with van der Waals surface area (Å²) in [5, 5.41) is 13.6. The number of nitrogens with one attached hydrogen (secondary N) is 1. The molecule has 6 heteroatoms. The summed E-state index contributed by atoms with van der Waals surface area (Å²) in [6.45, 7) is 4.16. The third kappa shape index (κ3) is 3.62. The number of benzene rings is 2. The lowest BCUT2D eigenvalue weighted by Gasteiger charge is -2.09. The maximum Gasteiger partial charge on any atom is 0.270 e. The van der Waals surface area contributed by atoms with Gasteiger partial charge in [-0.1, -0.05) is 37.6 Å². The quantitative estimate of drug-likeness (QED) is 0.660. The summed E-state index contributed by atoms with van der Waals surface area (Å²) in [6, 6.07) is 11.2. The van der Waals surface area contributed by atoms with Crippen molar-refractivity contribution in [2.75, 3.05) is 5.32 Å². The molecule has 0 fully saturated rings. The average molecular weight is 319 g/mol. The van der Waals surface area contributed by atoms with Gasteiger partial charge in [-0.25, -0.2) is 0 Å². The topological polar surface area (TPSA) is 72.2 Å². The molecule has 22 heavy (non-hydrogen) atoms. The predicted octanol–water partition coefficient (Wildman–Crippen LogP) is 4.62. The number of carbonyl (C=O) groups excluding carboxylic acids is 1. The van der Waals surface area contributed by atoms with Gasteiger partial charge in [0.1, 0.15) is 0 Å². The number of hydrogen-bond acceptors (Lipinski definition) is 3. The van der Waals surface area contributed by atoms with Gasteiger partial charge in [0.15, 0.2) is 0 Å². The zero-order valence-electron chi connectivity index (χ0n) is 12.2. The molecule has 0 unspecified atom stereocenters. The molecule has 2 aromatic carbocycles. The van der Waals surface area contributed by atoms with Crippen molar-refractivity contribution in [3.05, 3.63) is 68.7 Å². The second-order valence-corrected chi connectivity index (χ2v) is 5.56. The lowest BCUT2D eigenvalue weighted by atomic mass is 10.0. The van der Waals surface area contributed by atoms with Gasteiger partial charge >= 0.3 is 0 Å². The van der Waals surface area contributed by atoms with E-state index >= 15 is 0 Å². The Morgan fingerprint density at radius 3 is 2.36 bits per heavy atom. The van der Waals surface area contributed by atoms with Crippen LogP contribution in [0.2, 0.25) is 5.02 Å². The molecule has 0 saturated heterocycles. The van der Waals surface area contributed by atoms with Crippen molar-refractivity contribution < 1.29 is 9.72 Å². The number of nitro benzene ring substituents is 1. The van der Waals surface area contributed by atoms with Crippen LogP contribution in [0, 0.1) is 10.1 Å². The molecule has 1 amide bonds. The molecule has 0 aliphatic heterocycles. The van der Waals surface area contributed by atoms with Crippen LogP contribution >= 0.6 is 11.6 Å². The minimum Gasteiger partial charge on any atom is -0.322 e. The Morgan fingerprint density at radius 1 is 1.18 bits per heavy atom. The Labute approximate surface area is 133 Å². The van der Waals surface area contributed by atoms with Crippen LogP contribution in [0.1, 0.15) is 35.7 Å². The fourth-order valence-corrected chi connectivity index (χ4v) is 2.15. The number of non-ortho nitro benzene ring substituents is 1. The molecule has 2 rings (SSSR count). The highest BCUT2D eigenvalue weighted by Gasteiger charge is 2.16. The Balaban J connectivity index is 2.21. The second-order valence-electron chi connectivity index (χ2n) is 5.15. The maximum absolute atomic E-state index is 12.2. The Bertz CT molecular complexity index is 712. The zero-order chi connectivity index (χ0) is 16.3. The largest absolute Gasteiger partial charge is 0.322 e. The summed E-state index contributed by atoms with van der Waals surface area (Å²) >= 11 is 5.95. The van der Waals surface area contributed by atoms with E-state index in [0.29, 0.717) is 11.6 Å². The van der Waals surface area contributed by atoms with Crippen molar-refractivity contribution in [3.63, 3.8) is 0 Å². The van der Waals surface area contributed by atoms with Gasteiger partial charge in [0.2, 0.25) is 0 Å². The summed E-state index contributed by atoms with van der Waals surface area (Å²) in [6.07, 6.45) is 0. The number of amides is 1. The summed E-state index contributed by atoms with van der Waals surface area (Å²) < 4.78 is 0. The molecule has 0 spiro atoms. The Hall–Kier alpha value is -2.40. The number of anilines is 1. The maximum atomic E-state index is 12.2. The third-order valence-corrected chi connectivity index (χ3v) is 3.57. The molecule has 0 aliphatic rings. The van der Waals surface area contributed by atoms with E-state index in [0.717, 1.165) is 5.56 Å². The second kappa shape index (κ2) is 6.58. The molecule has 114 valence electrons. The predicted molar refractivity (Wildman–Crippen MR) is 86.6 cm³/mol. The minimum absolute atomic E-state index is 0.0730. The summed E-state index contributed by atoms with van der Waals surface area (Å²) in [4.78, 5) is 22.4. The van der Waals surface area contributed by atoms with Gasteiger partial charge in [0.05, 0.1) is 15.5 Å². The molecule has 0 atom stereocenters. The van der Waals surface area contributed by atoms with E-state index in [-0.39, 0.29) is 16.3 Å². The van der Waals surface area contributed by atoms with E-state index in [1.165, 1.54) is 18.2 Å². The van der Waals surface area contributed by atoms with Crippen LogP contribution in [-0.2, 0) is 0 Å². The Kier molecular flexibility index (Phi) is 4.78. The zero-order valence-corrected chi connectivity index (χ0v) is 12.9. The molecule has 1 N–H and O–H groups in total. The molecule has 0 aromatic heterocycles. The number of nitro groups is 1. The van der Waals surface area contributed by atoms with Crippen LogP contribution < -0.4 is 5.32 Å². The monoisotopic (exact) mass is 318 g/mol. The number of carbonyl (C=O) groups is 1. The van der Waals surface area contributed by atoms with Gasteiger partial charge in [-0.3, -0.25) is 14.9 Å². The standard InChI is InChI=1S/C16H15ClN2O3/c1-10(2)11-3-5-12(6-4-11)18-16(20)14-9-13(19(21)22)7-8-15(14)17/h3-10H,1-2H3,(H,18,20). The van der Waals surface area contributed by atoms with Crippen LogP contribution in [0.25, 0.3) is 0 Å². The van der Waals surface area contributed by atoms with E-state index in [1.807, 2.05) is 12.1 Å². The first-order valence-electron chi connectivity index (χ1n) is 6.73. The molecule has 0 saturated carbocycles. The van der Waals surface area contributed by atoms with Crippen molar-refractivity contribution in [3.8, 4) is 0 Å². The fraction of sp³-hybridized carbons (Fsp3) is 0.188. The lowest BCUT2D eigenvalue weighted by Crippen LogP contribution is -2.12. The van der Waals surface area contributed by atoms with E-state index < -0.39 is 10.8 Å². The van der Waals surface area contributed by atoms with Gasteiger partial charge in [0, 0.05) is 17.8 Å². The van der Waals surface area contributed by atoms with Crippen molar-refractivity contribution >= 4 is 28.9 Å². The number of nitrogens with zero attached hydrogens (tertiary/aromatic N) is 1. The van der Waals surface area contributed by atoms with Crippen LogP contribution in [0.15, 0.2) is 42.5 Å². The molecule has 0 bridgehead atoms. The van der Waals surface area contributed by atoms with E-state index in [4.69, 9.17) is 11.6 Å². The van der Waals surface area contributed by atoms with Gasteiger partial charge in [0.25, 0.3) is 11.6 Å². The third-order valence-electron chi connectivity index (χ3n) is 3.24. The molecule has 0 aliphatic carbocycles. The minimum atomic E-state index is -0.565. The lowest BCUT2D eigenvalue weighted by molar-refractivity contribution is -0.384. The van der Waals surface area contributed by atoms with E-state index in [9.17, 15) is 14.9 Å². The van der Waals surface area contributed by atoms with Crippen LogP contribution in [0.3, 0.4) is 0 Å². The number of rotatable bonds is 4. The normalized spacial score (nSPS) is 10.5. The highest BCUT2D eigenvalue weighted by Crippen LogP contribution is 2.23. The SMILES string of the molecule is CC(C)c1ccc(NC(=O)c2cc([N+](=O)[O-])ccc2Cl)cc1. The molecular formula is C16H15ClN2O3. The summed E-state index contributed by atoms with van der Waals surface area (Å²) in [5.74, 6) is -0.0815. The van der Waals surface area contributed by atoms with Crippen molar-refractivity contribution in [1.82, 2.24) is 0 Å². The van der Waals surface area contributed by atoms with E-state index in [2.05, 4.69) is 19.2 Å². The van der Waals surface area contributed by atoms with Crippen molar-refractivity contribution in [1.29, 1.82) is 0 Å². The van der Waals surface area contributed by atoms with Crippen molar-refractivity contribution in [2.24, 2.45) is 0 Å². The summed E-state index contributed by atoms with van der Waals surface area (Å²) in [5.41, 5.74) is 1.66. The summed E-state index contributed by atoms with van der Waals surface area (Å²) in [7, 11) is 0. The van der Waals surface area contributed by atoms with E-state index in [1.54, 1.807) is 12.1 Å². The van der Waals surface area contributed by atoms with Gasteiger partial charge in [-0.2, -0.15) is 0 Å². The molecular weight excluding hydrogens is 304 g/mol. The molecule has 5 nitrogen and oxygen atoms in total. The number of hydrogen-bond donors (Lipinski definition) is 1. The average Bonchev–Trinajstić information content (AvgIpc) is 2.47.